The summed E-state index contributed by atoms with van der Waals surface area (Å²) in [4.78, 5) is 36.3. The number of nitrogens with zero attached hydrogens (tertiary/aromatic N) is 7. The Kier molecular flexibility index (Phi) is 3.05. The molecule has 5 aliphatic rings. The normalized spacial score (nSPS) is 36.5. The van der Waals surface area contributed by atoms with Gasteiger partial charge in [-0.1, -0.05) is 12.1 Å². The Morgan fingerprint density at radius 2 is 1.29 bits per heavy atom. The van der Waals surface area contributed by atoms with E-state index in [0.29, 0.717) is 23.2 Å². The molecule has 0 spiro atoms. The smallest absolute Gasteiger partial charge is 0.257 e. The molecule has 6 atom stereocenters. The standard InChI is InChI=1S/C22H21N7O2/c1-27-19(30)28-21(15-6-2-4-10-23-15)17-13-8-9-14(12-13)18(17)22(26-25-21,29(28)20(27)31)16-7-3-5-11-24-16/h2-7,10-11,13-14,17-18H,8-9,12H2,1H3. The average Bonchev–Trinajstić information content (AvgIpc) is 3.52. The molecule has 2 aliphatic carbocycles. The van der Waals surface area contributed by atoms with E-state index in [1.165, 1.54) is 7.05 Å². The molecule has 0 N–H and O–H groups in total. The van der Waals surface area contributed by atoms with Crippen molar-refractivity contribution in [3.63, 3.8) is 0 Å². The van der Waals surface area contributed by atoms with Crippen molar-refractivity contribution in [2.75, 3.05) is 0 Å². The van der Waals surface area contributed by atoms with E-state index in [4.69, 9.17) is 10.2 Å². The van der Waals surface area contributed by atoms with Gasteiger partial charge < -0.3 is 0 Å². The van der Waals surface area contributed by atoms with Gasteiger partial charge >= 0.3 is 11.4 Å². The summed E-state index contributed by atoms with van der Waals surface area (Å²) in [6.07, 6.45) is 6.68. The zero-order chi connectivity index (χ0) is 21.0. The Labute approximate surface area is 177 Å². The highest BCUT2D eigenvalue weighted by molar-refractivity contribution is 5.33. The molecule has 0 radical (unpaired) electrons. The molecule has 4 bridgehead atoms. The largest absolute Gasteiger partial charge is 0.349 e. The first-order valence-corrected chi connectivity index (χ1v) is 10.8. The van der Waals surface area contributed by atoms with Crippen molar-refractivity contribution in [2.45, 2.75) is 30.6 Å². The molecule has 6 heterocycles. The molecule has 3 aromatic heterocycles. The summed E-state index contributed by atoms with van der Waals surface area (Å²) in [5, 5.41) is 9.76. The Morgan fingerprint density at radius 1 is 0.806 bits per heavy atom. The highest BCUT2D eigenvalue weighted by Gasteiger charge is 2.74. The Bertz CT molecular complexity index is 1260. The zero-order valence-electron chi connectivity index (χ0n) is 17.0. The van der Waals surface area contributed by atoms with Gasteiger partial charge in [-0.3, -0.25) is 9.97 Å². The molecule has 9 heteroatoms. The molecule has 0 amide bonds. The topological polar surface area (TPSA) is 99.4 Å². The first-order valence-electron chi connectivity index (χ1n) is 10.8. The average molecular weight is 415 g/mol. The molecule has 3 aromatic rings. The van der Waals surface area contributed by atoms with Crippen LogP contribution in [0.2, 0.25) is 0 Å². The van der Waals surface area contributed by atoms with Crippen LogP contribution in [-0.2, 0) is 18.4 Å². The van der Waals surface area contributed by atoms with Crippen LogP contribution in [0.1, 0.15) is 30.7 Å². The van der Waals surface area contributed by atoms with E-state index in [2.05, 4.69) is 9.97 Å². The van der Waals surface area contributed by atoms with Crippen LogP contribution in [0.4, 0.5) is 0 Å². The lowest BCUT2D eigenvalue weighted by molar-refractivity contribution is -0.0915. The quantitative estimate of drug-likeness (QED) is 0.636. The summed E-state index contributed by atoms with van der Waals surface area (Å²) in [7, 11) is 1.52. The van der Waals surface area contributed by atoms with Crippen molar-refractivity contribution >= 4 is 0 Å². The van der Waals surface area contributed by atoms with Gasteiger partial charge in [-0.2, -0.15) is 19.6 Å². The van der Waals surface area contributed by atoms with E-state index in [-0.39, 0.29) is 11.8 Å². The van der Waals surface area contributed by atoms with E-state index in [1.54, 1.807) is 21.8 Å². The first kappa shape index (κ1) is 17.3. The molecule has 3 aliphatic heterocycles. The molecular formula is C22H21N7O2. The monoisotopic (exact) mass is 415 g/mol. The maximum absolute atomic E-state index is 13.5. The first-order chi connectivity index (χ1) is 15.1. The number of rotatable bonds is 2. The number of azo groups is 1. The van der Waals surface area contributed by atoms with Crippen molar-refractivity contribution in [2.24, 2.45) is 40.9 Å². The summed E-state index contributed by atoms with van der Waals surface area (Å²) in [5.41, 5.74) is -1.68. The maximum Gasteiger partial charge on any atom is 0.349 e. The minimum atomic E-state index is -1.11. The number of pyridine rings is 2. The van der Waals surface area contributed by atoms with Crippen molar-refractivity contribution in [1.29, 1.82) is 0 Å². The molecule has 6 unspecified atom stereocenters. The van der Waals surface area contributed by atoms with Gasteiger partial charge in [0.1, 0.15) is 0 Å². The highest BCUT2D eigenvalue weighted by atomic mass is 16.2. The van der Waals surface area contributed by atoms with Crippen LogP contribution >= 0.6 is 0 Å². The van der Waals surface area contributed by atoms with Gasteiger partial charge in [-0.05, 0) is 55.4 Å². The lowest BCUT2D eigenvalue weighted by Crippen LogP contribution is -2.69. The molecule has 31 heavy (non-hydrogen) atoms. The van der Waals surface area contributed by atoms with Crippen LogP contribution in [0.5, 0.6) is 0 Å². The van der Waals surface area contributed by atoms with Crippen LogP contribution in [0, 0.1) is 23.7 Å². The maximum atomic E-state index is 13.5. The van der Waals surface area contributed by atoms with E-state index in [1.807, 2.05) is 36.4 Å². The fraction of sp³-hybridized carbons (Fsp3) is 0.455. The second kappa shape index (κ2) is 5.46. The van der Waals surface area contributed by atoms with Gasteiger partial charge in [0, 0.05) is 31.3 Å². The summed E-state index contributed by atoms with van der Waals surface area (Å²) in [6, 6.07) is 11.3. The number of aromatic nitrogens is 5. The summed E-state index contributed by atoms with van der Waals surface area (Å²) in [6.45, 7) is 0. The third-order valence-corrected chi connectivity index (χ3v) is 8.07. The minimum Gasteiger partial charge on any atom is -0.257 e. The third kappa shape index (κ3) is 1.73. The van der Waals surface area contributed by atoms with E-state index < -0.39 is 22.7 Å². The molecule has 2 fully saturated rings. The SMILES string of the molecule is Cn1c(=O)n2n(c1=O)C1(c3ccccn3)N=NC2(c2ccccn2)C2C3CCC(C3)C21. The Balaban J connectivity index is 1.68. The second-order valence-corrected chi connectivity index (χ2v) is 9.21. The van der Waals surface area contributed by atoms with Crippen molar-refractivity contribution in [1.82, 2.24) is 23.9 Å². The van der Waals surface area contributed by atoms with Crippen LogP contribution in [-0.4, -0.2) is 23.9 Å². The van der Waals surface area contributed by atoms with Crippen LogP contribution < -0.4 is 11.4 Å². The third-order valence-electron chi connectivity index (χ3n) is 8.07. The van der Waals surface area contributed by atoms with Gasteiger partial charge in [-0.25, -0.2) is 14.2 Å². The predicted octanol–water partition coefficient (Wildman–Crippen LogP) is 1.68. The lowest BCUT2D eigenvalue weighted by Gasteiger charge is -2.57. The predicted molar refractivity (Wildman–Crippen MR) is 109 cm³/mol. The van der Waals surface area contributed by atoms with Crippen LogP contribution in [0.3, 0.4) is 0 Å². The number of hydrogen-bond donors (Lipinski definition) is 0. The van der Waals surface area contributed by atoms with Crippen molar-refractivity contribution in [3.05, 3.63) is 81.1 Å². The molecule has 9 nitrogen and oxygen atoms in total. The zero-order valence-corrected chi connectivity index (χ0v) is 17.0. The van der Waals surface area contributed by atoms with Crippen LogP contribution in [0.15, 0.2) is 68.6 Å². The summed E-state index contributed by atoms with van der Waals surface area (Å²) < 4.78 is 4.25. The Hall–Kier alpha value is -3.36. The van der Waals surface area contributed by atoms with Crippen LogP contribution in [0.25, 0.3) is 0 Å². The molecular weight excluding hydrogens is 394 g/mol. The van der Waals surface area contributed by atoms with Gasteiger partial charge in [0.25, 0.3) is 0 Å². The lowest BCUT2D eigenvalue weighted by atomic mass is 9.63. The number of hydrogen-bond acceptors (Lipinski definition) is 6. The van der Waals surface area contributed by atoms with Crippen molar-refractivity contribution in [3.8, 4) is 0 Å². The van der Waals surface area contributed by atoms with Gasteiger partial charge in [-0.15, -0.1) is 0 Å². The fourth-order valence-electron chi connectivity index (χ4n) is 7.06. The molecule has 2 saturated carbocycles. The molecule has 0 saturated heterocycles. The minimum absolute atomic E-state index is 0.0279. The van der Waals surface area contributed by atoms with E-state index in [9.17, 15) is 9.59 Å². The molecule has 8 rings (SSSR count). The summed E-state index contributed by atoms with van der Waals surface area (Å²) >= 11 is 0. The molecule has 0 aromatic carbocycles. The second-order valence-electron chi connectivity index (χ2n) is 9.21. The van der Waals surface area contributed by atoms with Crippen molar-refractivity contribution < 1.29 is 0 Å². The summed E-state index contributed by atoms with van der Waals surface area (Å²) in [5.74, 6) is 0.853. The number of fused-ring (bicyclic) bond motifs is 2. The van der Waals surface area contributed by atoms with Gasteiger partial charge in [0.2, 0.25) is 11.3 Å². The fourth-order valence-corrected chi connectivity index (χ4v) is 7.06. The van der Waals surface area contributed by atoms with Gasteiger partial charge in [0.15, 0.2) is 0 Å². The van der Waals surface area contributed by atoms with E-state index in [0.717, 1.165) is 23.8 Å². The Morgan fingerprint density at radius 3 is 1.71 bits per heavy atom. The molecule has 156 valence electrons. The van der Waals surface area contributed by atoms with Gasteiger partial charge in [0.05, 0.1) is 11.4 Å². The van der Waals surface area contributed by atoms with E-state index >= 15 is 0 Å². The highest BCUT2D eigenvalue weighted by Crippen LogP contribution is 2.68.